The summed E-state index contributed by atoms with van der Waals surface area (Å²) in [6.45, 7) is 0. The van der Waals surface area contributed by atoms with Crippen molar-refractivity contribution in [1.29, 1.82) is 0 Å². The van der Waals surface area contributed by atoms with Crippen LogP contribution in [0.1, 0.15) is 32.1 Å². The van der Waals surface area contributed by atoms with Crippen molar-refractivity contribution in [2.24, 2.45) is 0 Å². The number of nitro benzene ring substituents is 1. The van der Waals surface area contributed by atoms with Gasteiger partial charge in [-0.3, -0.25) is 10.1 Å². The topological polar surface area (TPSA) is 67.2 Å². The van der Waals surface area contributed by atoms with Crippen LogP contribution in [0.15, 0.2) is 48.5 Å². The second kappa shape index (κ2) is 8.07. The van der Waals surface area contributed by atoms with E-state index in [0.717, 1.165) is 11.3 Å². The Kier molecular flexibility index (Phi) is 5.60. The van der Waals surface area contributed by atoms with E-state index < -0.39 is 0 Å². The van der Waals surface area contributed by atoms with E-state index in [1.54, 1.807) is 18.2 Å². The Morgan fingerprint density at radius 3 is 2.40 bits per heavy atom. The molecule has 0 heterocycles. The molecule has 0 unspecified atom stereocenters. The summed E-state index contributed by atoms with van der Waals surface area (Å²) in [6, 6.07) is 14.7. The number of hydrogen-bond donors (Lipinski definition) is 2. The summed E-state index contributed by atoms with van der Waals surface area (Å²) in [6.07, 6.45) is 6.15. The average Bonchev–Trinajstić information content (AvgIpc) is 2.63. The van der Waals surface area contributed by atoms with Crippen molar-refractivity contribution in [3.05, 3.63) is 58.6 Å². The fraction of sp³-hybridized carbons (Fsp3) is 0.316. The van der Waals surface area contributed by atoms with Crippen molar-refractivity contribution in [3.8, 4) is 11.1 Å². The van der Waals surface area contributed by atoms with Crippen LogP contribution in [-0.4, -0.2) is 16.1 Å². The SMILES string of the molecule is O=[N+]([O-])c1ccccc1-c1ccc(NC(=S)NC2CCCCC2)cc1. The van der Waals surface area contributed by atoms with Crippen molar-refractivity contribution in [3.63, 3.8) is 0 Å². The second-order valence-corrected chi connectivity index (χ2v) is 6.69. The molecule has 25 heavy (non-hydrogen) atoms. The number of anilines is 1. The molecule has 2 aromatic carbocycles. The third-order valence-electron chi connectivity index (χ3n) is 4.49. The van der Waals surface area contributed by atoms with E-state index in [-0.39, 0.29) is 10.6 Å². The number of nitro groups is 1. The fourth-order valence-corrected chi connectivity index (χ4v) is 3.49. The van der Waals surface area contributed by atoms with Crippen LogP contribution in [0.5, 0.6) is 0 Å². The minimum Gasteiger partial charge on any atom is -0.360 e. The minimum absolute atomic E-state index is 0.109. The molecule has 1 fully saturated rings. The molecule has 0 spiro atoms. The Hall–Kier alpha value is -2.47. The van der Waals surface area contributed by atoms with Crippen LogP contribution in [0.3, 0.4) is 0 Å². The number of nitrogens with one attached hydrogen (secondary N) is 2. The van der Waals surface area contributed by atoms with E-state index in [0.29, 0.717) is 16.7 Å². The highest BCUT2D eigenvalue weighted by molar-refractivity contribution is 7.80. The van der Waals surface area contributed by atoms with Gasteiger partial charge in [0.2, 0.25) is 0 Å². The molecule has 6 heteroatoms. The van der Waals surface area contributed by atoms with Gasteiger partial charge in [0.15, 0.2) is 5.11 Å². The minimum atomic E-state index is -0.356. The van der Waals surface area contributed by atoms with Crippen LogP contribution in [0.25, 0.3) is 11.1 Å². The lowest BCUT2D eigenvalue weighted by atomic mass is 9.96. The average molecular weight is 355 g/mol. The van der Waals surface area contributed by atoms with Crippen LogP contribution in [0.2, 0.25) is 0 Å². The van der Waals surface area contributed by atoms with Gasteiger partial charge in [0, 0.05) is 17.8 Å². The molecule has 0 amide bonds. The maximum atomic E-state index is 11.2. The highest BCUT2D eigenvalue weighted by Crippen LogP contribution is 2.30. The summed E-state index contributed by atoms with van der Waals surface area (Å²) >= 11 is 5.39. The van der Waals surface area contributed by atoms with E-state index in [1.807, 2.05) is 24.3 Å². The monoisotopic (exact) mass is 355 g/mol. The summed E-state index contributed by atoms with van der Waals surface area (Å²) in [5.41, 5.74) is 2.40. The largest absolute Gasteiger partial charge is 0.360 e. The second-order valence-electron chi connectivity index (χ2n) is 6.29. The van der Waals surface area contributed by atoms with Crippen LogP contribution in [0, 0.1) is 10.1 Å². The maximum Gasteiger partial charge on any atom is 0.277 e. The van der Waals surface area contributed by atoms with Gasteiger partial charge in [-0.15, -0.1) is 0 Å². The summed E-state index contributed by atoms with van der Waals surface area (Å²) in [7, 11) is 0. The zero-order valence-electron chi connectivity index (χ0n) is 13.9. The van der Waals surface area contributed by atoms with Crippen LogP contribution < -0.4 is 10.6 Å². The van der Waals surface area contributed by atoms with Gasteiger partial charge in [-0.1, -0.05) is 43.5 Å². The van der Waals surface area contributed by atoms with Gasteiger partial charge >= 0.3 is 0 Å². The number of benzene rings is 2. The van der Waals surface area contributed by atoms with Gasteiger partial charge in [-0.25, -0.2) is 0 Å². The van der Waals surface area contributed by atoms with E-state index in [9.17, 15) is 10.1 Å². The predicted octanol–water partition coefficient (Wildman–Crippen LogP) is 4.88. The van der Waals surface area contributed by atoms with Crippen molar-refractivity contribution in [1.82, 2.24) is 5.32 Å². The molecule has 2 N–H and O–H groups in total. The van der Waals surface area contributed by atoms with E-state index in [2.05, 4.69) is 10.6 Å². The van der Waals surface area contributed by atoms with Gasteiger partial charge in [-0.2, -0.15) is 0 Å². The number of thiocarbonyl (C=S) groups is 1. The van der Waals surface area contributed by atoms with Crippen molar-refractivity contribution in [2.45, 2.75) is 38.1 Å². The molecule has 0 aromatic heterocycles. The summed E-state index contributed by atoms with van der Waals surface area (Å²) < 4.78 is 0. The standard InChI is InChI=1S/C19H21N3O2S/c23-22(24)18-9-5-4-8-17(18)14-10-12-16(13-11-14)21-19(25)20-15-6-2-1-3-7-15/h4-5,8-13,15H,1-3,6-7H2,(H2,20,21,25). The van der Waals surface area contributed by atoms with E-state index in [1.165, 1.54) is 38.2 Å². The van der Waals surface area contributed by atoms with Crippen LogP contribution >= 0.6 is 12.2 Å². The summed E-state index contributed by atoms with van der Waals surface area (Å²) in [4.78, 5) is 10.8. The molecule has 2 aromatic rings. The first kappa shape index (κ1) is 17.4. The van der Waals surface area contributed by atoms with Crippen molar-refractivity contribution in [2.75, 3.05) is 5.32 Å². The molecule has 1 aliphatic rings. The lowest BCUT2D eigenvalue weighted by molar-refractivity contribution is -0.384. The molecule has 130 valence electrons. The highest BCUT2D eigenvalue weighted by Gasteiger charge is 2.15. The molecule has 1 saturated carbocycles. The Labute approximate surface area is 152 Å². The third-order valence-corrected chi connectivity index (χ3v) is 4.71. The Morgan fingerprint density at radius 2 is 1.72 bits per heavy atom. The fourth-order valence-electron chi connectivity index (χ4n) is 3.21. The molecule has 1 aliphatic carbocycles. The molecule has 5 nitrogen and oxygen atoms in total. The number of hydrogen-bond acceptors (Lipinski definition) is 3. The maximum absolute atomic E-state index is 11.2. The first-order chi connectivity index (χ1) is 12.1. The van der Waals surface area contributed by atoms with Gasteiger partial charge in [0.25, 0.3) is 5.69 Å². The molecular weight excluding hydrogens is 334 g/mol. The zero-order valence-corrected chi connectivity index (χ0v) is 14.7. The molecular formula is C19H21N3O2S. The normalized spacial score (nSPS) is 14.7. The first-order valence-corrected chi connectivity index (χ1v) is 8.96. The quantitative estimate of drug-likeness (QED) is 0.465. The lowest BCUT2D eigenvalue weighted by Gasteiger charge is -2.24. The molecule has 0 atom stereocenters. The number of nitrogens with zero attached hydrogens (tertiary/aromatic N) is 1. The van der Waals surface area contributed by atoms with E-state index >= 15 is 0 Å². The Balaban J connectivity index is 1.66. The van der Waals surface area contributed by atoms with Gasteiger partial charge in [0.05, 0.1) is 10.5 Å². The van der Waals surface area contributed by atoms with Crippen molar-refractivity contribution < 1.29 is 4.92 Å². The molecule has 0 bridgehead atoms. The van der Waals surface area contributed by atoms with E-state index in [4.69, 9.17) is 12.2 Å². The third kappa shape index (κ3) is 4.54. The summed E-state index contributed by atoms with van der Waals surface area (Å²) in [5.74, 6) is 0. The first-order valence-electron chi connectivity index (χ1n) is 8.55. The van der Waals surface area contributed by atoms with Gasteiger partial charge < -0.3 is 10.6 Å². The highest BCUT2D eigenvalue weighted by atomic mass is 32.1. The number of para-hydroxylation sites is 1. The van der Waals surface area contributed by atoms with Crippen LogP contribution in [0.4, 0.5) is 11.4 Å². The molecule has 0 aliphatic heterocycles. The van der Waals surface area contributed by atoms with Crippen LogP contribution in [-0.2, 0) is 0 Å². The van der Waals surface area contributed by atoms with Gasteiger partial charge in [-0.05, 0) is 48.8 Å². The van der Waals surface area contributed by atoms with Gasteiger partial charge in [0.1, 0.15) is 0 Å². The Morgan fingerprint density at radius 1 is 1.04 bits per heavy atom. The van der Waals surface area contributed by atoms with Crippen molar-refractivity contribution >= 4 is 28.7 Å². The summed E-state index contributed by atoms with van der Waals surface area (Å²) in [5, 5.41) is 18.4. The zero-order chi connectivity index (χ0) is 17.6. The molecule has 0 saturated heterocycles. The Bertz CT molecular complexity index is 756. The number of rotatable bonds is 4. The molecule has 3 rings (SSSR count). The predicted molar refractivity (Wildman–Crippen MR) is 105 cm³/mol. The smallest absolute Gasteiger partial charge is 0.277 e. The molecule has 0 radical (unpaired) electrons. The lowest BCUT2D eigenvalue weighted by Crippen LogP contribution is -2.38.